The van der Waals surface area contributed by atoms with E-state index in [-0.39, 0.29) is 35.9 Å². The lowest BCUT2D eigenvalue weighted by atomic mass is 10.1. The first-order valence-electron chi connectivity index (χ1n) is 8.26. The third kappa shape index (κ3) is 3.44. The fraction of sp³-hybridized carbons (Fsp3) is 0.688. The van der Waals surface area contributed by atoms with Crippen molar-refractivity contribution < 1.29 is 9.53 Å². The van der Waals surface area contributed by atoms with E-state index in [1.807, 2.05) is 25.7 Å². The molecule has 2 heterocycles. The molecule has 0 bridgehead atoms. The number of ketones is 1. The summed E-state index contributed by atoms with van der Waals surface area (Å²) in [5.41, 5.74) is 4.76. The van der Waals surface area contributed by atoms with Crippen LogP contribution in [0.3, 0.4) is 0 Å². The molecule has 2 N–H and O–H groups in total. The number of morpholine rings is 1. The number of carbonyl (C=O) groups excluding carboxylic acids is 1. The van der Waals surface area contributed by atoms with E-state index in [2.05, 4.69) is 0 Å². The molecule has 0 amide bonds. The van der Waals surface area contributed by atoms with Gasteiger partial charge in [0.05, 0.1) is 19.3 Å². The quantitative estimate of drug-likeness (QED) is 0.749. The Balaban J connectivity index is 2.39. The van der Waals surface area contributed by atoms with E-state index in [1.165, 1.54) is 11.6 Å². The number of aromatic nitrogens is 2. The monoisotopic (exact) mass is 338 g/mol. The highest BCUT2D eigenvalue weighted by atomic mass is 16.5. The van der Waals surface area contributed by atoms with Crippen LogP contribution in [0.2, 0.25) is 0 Å². The van der Waals surface area contributed by atoms with E-state index in [0.717, 1.165) is 4.57 Å². The predicted octanol–water partition coefficient (Wildman–Crippen LogP) is -0.169. The van der Waals surface area contributed by atoms with Gasteiger partial charge in [0.25, 0.3) is 5.56 Å². The number of nitrogens with zero attached hydrogens (tertiary/aromatic N) is 3. The van der Waals surface area contributed by atoms with Crippen molar-refractivity contribution >= 4 is 11.6 Å². The van der Waals surface area contributed by atoms with Crippen molar-refractivity contribution in [2.75, 3.05) is 25.4 Å². The molecule has 8 nitrogen and oxygen atoms in total. The van der Waals surface area contributed by atoms with Gasteiger partial charge in [-0.1, -0.05) is 6.92 Å². The third-order valence-electron chi connectivity index (χ3n) is 4.39. The molecular formula is C16H26N4O4. The third-order valence-corrected chi connectivity index (χ3v) is 4.39. The number of Topliss-reactive ketones (excluding diaryl/α,β-unsaturated/α-hetero) is 1. The zero-order valence-corrected chi connectivity index (χ0v) is 14.7. The summed E-state index contributed by atoms with van der Waals surface area (Å²) >= 11 is 0. The van der Waals surface area contributed by atoms with Crippen molar-refractivity contribution in [1.29, 1.82) is 0 Å². The Labute approximate surface area is 140 Å². The summed E-state index contributed by atoms with van der Waals surface area (Å²) in [6.45, 7) is 7.41. The van der Waals surface area contributed by atoms with Crippen LogP contribution >= 0.6 is 0 Å². The molecule has 2 atom stereocenters. The van der Waals surface area contributed by atoms with Gasteiger partial charge in [0, 0.05) is 26.2 Å². The number of anilines is 1. The number of nitrogen functional groups attached to an aromatic ring is 1. The van der Waals surface area contributed by atoms with E-state index >= 15 is 0 Å². The molecule has 0 unspecified atom stereocenters. The second-order valence-corrected chi connectivity index (χ2v) is 6.40. The van der Waals surface area contributed by atoms with Gasteiger partial charge in [0.2, 0.25) is 0 Å². The van der Waals surface area contributed by atoms with Crippen LogP contribution in [0.1, 0.15) is 37.6 Å². The zero-order chi connectivity index (χ0) is 18.0. The van der Waals surface area contributed by atoms with Gasteiger partial charge in [0.15, 0.2) is 5.78 Å². The Morgan fingerprint density at radius 1 is 1.33 bits per heavy atom. The summed E-state index contributed by atoms with van der Waals surface area (Å²) in [5, 5.41) is 0. The molecule has 8 heteroatoms. The smallest absolute Gasteiger partial charge is 0.332 e. The summed E-state index contributed by atoms with van der Waals surface area (Å²) in [6.07, 6.45) is 0.705. The predicted molar refractivity (Wildman–Crippen MR) is 91.4 cm³/mol. The van der Waals surface area contributed by atoms with Crippen molar-refractivity contribution in [3.05, 3.63) is 26.4 Å². The Morgan fingerprint density at radius 2 is 2.00 bits per heavy atom. The van der Waals surface area contributed by atoms with Crippen LogP contribution in [-0.2, 0) is 18.3 Å². The van der Waals surface area contributed by atoms with Gasteiger partial charge < -0.3 is 10.5 Å². The van der Waals surface area contributed by atoms with Crippen molar-refractivity contribution in [1.82, 2.24) is 14.0 Å². The molecule has 134 valence electrons. The molecule has 0 saturated carbocycles. The lowest BCUT2D eigenvalue weighted by Gasteiger charge is -2.36. The summed E-state index contributed by atoms with van der Waals surface area (Å²) < 4.78 is 7.79. The number of carbonyl (C=O) groups is 1. The standard InChI is InChI=1S/C16H26N4O4/c1-5-6-20-14(17)13(15(22)18(4)16(20)23)12(21)8-19-7-11(3)24-9-10(19)2/h10-11H,5-9,17H2,1-4H3/t10-,11-/m0/s1. The SMILES string of the molecule is CCCn1c(N)c(C(=O)CN2C[C@H](C)OC[C@@H]2C)c(=O)n(C)c1=O. The van der Waals surface area contributed by atoms with Gasteiger partial charge >= 0.3 is 5.69 Å². The van der Waals surface area contributed by atoms with Gasteiger partial charge in [-0.3, -0.25) is 23.6 Å². The van der Waals surface area contributed by atoms with Crippen LogP contribution in [0.25, 0.3) is 0 Å². The molecule has 1 aromatic rings. The summed E-state index contributed by atoms with van der Waals surface area (Å²) in [6, 6.07) is 0.0803. The molecule has 1 aliphatic heterocycles. The number of rotatable bonds is 5. The van der Waals surface area contributed by atoms with Crippen LogP contribution in [-0.4, -0.2) is 51.7 Å². The zero-order valence-electron chi connectivity index (χ0n) is 14.7. The van der Waals surface area contributed by atoms with Crippen LogP contribution in [0.4, 0.5) is 5.82 Å². The highest BCUT2D eigenvalue weighted by molar-refractivity contribution is 6.01. The first kappa shape index (κ1) is 18.4. The highest BCUT2D eigenvalue weighted by Crippen LogP contribution is 2.13. The van der Waals surface area contributed by atoms with E-state index in [1.54, 1.807) is 0 Å². The van der Waals surface area contributed by atoms with E-state index < -0.39 is 11.2 Å². The molecule has 1 aromatic heterocycles. The first-order valence-corrected chi connectivity index (χ1v) is 8.26. The van der Waals surface area contributed by atoms with Crippen LogP contribution in [0, 0.1) is 0 Å². The molecular weight excluding hydrogens is 312 g/mol. The van der Waals surface area contributed by atoms with Gasteiger partial charge in [-0.05, 0) is 20.3 Å². The number of hydrogen-bond donors (Lipinski definition) is 1. The normalized spacial score (nSPS) is 21.8. The van der Waals surface area contributed by atoms with Crippen molar-refractivity contribution in [2.24, 2.45) is 7.05 Å². The highest BCUT2D eigenvalue weighted by Gasteiger charge is 2.28. The fourth-order valence-corrected chi connectivity index (χ4v) is 2.94. The molecule has 0 spiro atoms. The van der Waals surface area contributed by atoms with Crippen LogP contribution in [0.15, 0.2) is 9.59 Å². The van der Waals surface area contributed by atoms with Gasteiger partial charge in [0.1, 0.15) is 11.4 Å². The topological polar surface area (TPSA) is 99.6 Å². The minimum absolute atomic E-state index is 0.0308. The Morgan fingerprint density at radius 3 is 2.62 bits per heavy atom. The number of nitrogens with two attached hydrogens (primary N) is 1. The van der Waals surface area contributed by atoms with E-state index in [9.17, 15) is 14.4 Å². The van der Waals surface area contributed by atoms with Crippen molar-refractivity contribution in [2.45, 2.75) is 45.9 Å². The van der Waals surface area contributed by atoms with Crippen molar-refractivity contribution in [3.8, 4) is 0 Å². The maximum Gasteiger partial charge on any atom is 0.332 e. The maximum absolute atomic E-state index is 12.7. The molecule has 1 fully saturated rings. The van der Waals surface area contributed by atoms with E-state index in [0.29, 0.717) is 26.1 Å². The molecule has 0 radical (unpaired) electrons. The molecule has 24 heavy (non-hydrogen) atoms. The average molecular weight is 338 g/mol. The lowest BCUT2D eigenvalue weighted by Crippen LogP contribution is -2.50. The molecule has 1 aliphatic rings. The number of hydrogen-bond acceptors (Lipinski definition) is 6. The minimum Gasteiger partial charge on any atom is -0.384 e. The van der Waals surface area contributed by atoms with Crippen molar-refractivity contribution in [3.63, 3.8) is 0 Å². The second kappa shape index (κ2) is 7.31. The number of ether oxygens (including phenoxy) is 1. The molecule has 0 aromatic carbocycles. The summed E-state index contributed by atoms with van der Waals surface area (Å²) in [7, 11) is 1.37. The van der Waals surface area contributed by atoms with Crippen LogP contribution < -0.4 is 17.0 Å². The minimum atomic E-state index is -0.635. The fourth-order valence-electron chi connectivity index (χ4n) is 2.94. The molecule has 2 rings (SSSR count). The Kier molecular flexibility index (Phi) is 5.61. The van der Waals surface area contributed by atoms with Gasteiger partial charge in [-0.2, -0.15) is 0 Å². The van der Waals surface area contributed by atoms with E-state index in [4.69, 9.17) is 10.5 Å². The second-order valence-electron chi connectivity index (χ2n) is 6.40. The average Bonchev–Trinajstić information content (AvgIpc) is 2.53. The summed E-state index contributed by atoms with van der Waals surface area (Å²) in [4.78, 5) is 39.3. The molecule has 0 aliphatic carbocycles. The maximum atomic E-state index is 12.7. The van der Waals surface area contributed by atoms with Gasteiger partial charge in [-0.25, -0.2) is 4.79 Å². The molecule has 1 saturated heterocycles. The first-order chi connectivity index (χ1) is 11.3. The van der Waals surface area contributed by atoms with Gasteiger partial charge in [-0.15, -0.1) is 0 Å². The summed E-state index contributed by atoms with van der Waals surface area (Å²) in [5.74, 6) is -0.400. The lowest BCUT2D eigenvalue weighted by molar-refractivity contribution is -0.0460. The Bertz CT molecular complexity index is 737. The largest absolute Gasteiger partial charge is 0.384 e. The Hall–Kier alpha value is -1.93. The van der Waals surface area contributed by atoms with Crippen LogP contribution in [0.5, 0.6) is 0 Å².